The monoisotopic (exact) mass is 456 g/mol. The maximum atomic E-state index is 12.5. The van der Waals surface area contributed by atoms with Crippen molar-refractivity contribution in [3.05, 3.63) is 56.5 Å². The van der Waals surface area contributed by atoms with Crippen LogP contribution in [-0.2, 0) is 0 Å². The molecular formula is C17H14Br2O5. The lowest BCUT2D eigenvalue weighted by Gasteiger charge is -2.12. The van der Waals surface area contributed by atoms with Crippen LogP contribution >= 0.6 is 31.9 Å². The molecule has 0 fully saturated rings. The summed E-state index contributed by atoms with van der Waals surface area (Å²) in [5.41, 5.74) is 0.378. The number of esters is 1. The van der Waals surface area contributed by atoms with E-state index in [-0.39, 0.29) is 16.9 Å². The summed E-state index contributed by atoms with van der Waals surface area (Å²) in [5, 5.41) is 8.96. The summed E-state index contributed by atoms with van der Waals surface area (Å²) < 4.78 is 12.0. The molecule has 0 radical (unpaired) electrons. The van der Waals surface area contributed by atoms with E-state index in [9.17, 15) is 9.59 Å². The van der Waals surface area contributed by atoms with Gasteiger partial charge in [0.15, 0.2) is 0 Å². The summed E-state index contributed by atoms with van der Waals surface area (Å²) in [6.45, 7) is 2.46. The molecule has 126 valence electrons. The fourth-order valence-corrected chi connectivity index (χ4v) is 2.69. The summed E-state index contributed by atoms with van der Waals surface area (Å²) in [7, 11) is 0. The van der Waals surface area contributed by atoms with E-state index in [0.29, 0.717) is 16.8 Å². The molecule has 1 N–H and O–H groups in total. The fourth-order valence-electron chi connectivity index (χ4n) is 1.87. The number of ether oxygens (including phenoxy) is 2. The van der Waals surface area contributed by atoms with Crippen LogP contribution in [0.5, 0.6) is 11.5 Å². The summed E-state index contributed by atoms with van der Waals surface area (Å²) in [5.74, 6) is -0.989. The van der Waals surface area contributed by atoms with E-state index >= 15 is 0 Å². The molecule has 0 aromatic heterocycles. The highest BCUT2D eigenvalue weighted by atomic mass is 79.9. The predicted molar refractivity (Wildman–Crippen MR) is 96.0 cm³/mol. The summed E-state index contributed by atoms with van der Waals surface area (Å²) >= 11 is 6.53. The van der Waals surface area contributed by atoms with Gasteiger partial charge in [-0.1, -0.05) is 22.9 Å². The number of carbonyl (C=O) groups excluding carboxylic acids is 1. The number of aromatic carboxylic acids is 1. The maximum absolute atomic E-state index is 12.5. The highest BCUT2D eigenvalue weighted by Gasteiger charge is 2.18. The van der Waals surface area contributed by atoms with Crippen LogP contribution in [0.2, 0.25) is 0 Å². The molecule has 0 aliphatic rings. The molecule has 5 nitrogen and oxygen atoms in total. The van der Waals surface area contributed by atoms with E-state index in [0.717, 1.165) is 10.9 Å². The van der Waals surface area contributed by atoms with Gasteiger partial charge in [-0.3, -0.25) is 0 Å². The topological polar surface area (TPSA) is 72.8 Å². The minimum atomic E-state index is -1.06. The van der Waals surface area contributed by atoms with Crippen LogP contribution in [0.25, 0.3) is 0 Å². The summed E-state index contributed by atoms with van der Waals surface area (Å²) in [4.78, 5) is 23.4. The van der Waals surface area contributed by atoms with Crippen molar-refractivity contribution in [3.8, 4) is 11.5 Å². The second kappa shape index (κ2) is 8.30. The van der Waals surface area contributed by atoms with Gasteiger partial charge in [-0.15, -0.1) is 0 Å². The predicted octanol–water partition coefficient (Wildman–Crippen LogP) is 4.92. The Labute approximate surface area is 155 Å². The molecule has 0 amide bonds. The number of halogens is 2. The highest BCUT2D eigenvalue weighted by Crippen LogP contribution is 2.29. The Bertz CT molecular complexity index is 774. The quantitative estimate of drug-likeness (QED) is 0.492. The Morgan fingerprint density at radius 3 is 2.42 bits per heavy atom. The van der Waals surface area contributed by atoms with Crippen LogP contribution in [0.1, 0.15) is 34.1 Å². The van der Waals surface area contributed by atoms with E-state index in [1.54, 1.807) is 18.2 Å². The Morgan fingerprint density at radius 1 is 1.08 bits per heavy atom. The first-order valence-corrected chi connectivity index (χ1v) is 8.68. The van der Waals surface area contributed by atoms with Crippen LogP contribution in [0, 0.1) is 0 Å². The minimum Gasteiger partial charge on any atom is -0.493 e. The standard InChI is InChI=1S/C17H14Br2O5/c1-2-7-23-14-6-4-11(18)9-12(14)17(22)24-15-5-3-10(16(20)21)8-13(15)19/h3-6,8-9H,2,7H2,1H3,(H,20,21). The first-order valence-electron chi connectivity index (χ1n) is 7.09. The van der Waals surface area contributed by atoms with Crippen molar-refractivity contribution in [2.24, 2.45) is 0 Å². The molecule has 0 saturated heterocycles. The van der Waals surface area contributed by atoms with Gasteiger partial charge in [-0.25, -0.2) is 9.59 Å². The molecule has 2 rings (SSSR count). The summed E-state index contributed by atoms with van der Waals surface area (Å²) in [6, 6.07) is 9.26. The molecule has 0 aliphatic heterocycles. The molecule has 0 saturated carbocycles. The molecule has 7 heteroatoms. The molecule has 0 bridgehead atoms. The second-order valence-electron chi connectivity index (χ2n) is 4.83. The number of carbonyl (C=O) groups is 2. The molecule has 0 aliphatic carbocycles. The third-order valence-electron chi connectivity index (χ3n) is 3.00. The van der Waals surface area contributed by atoms with Crippen molar-refractivity contribution >= 4 is 43.8 Å². The number of rotatable bonds is 6. The molecule has 24 heavy (non-hydrogen) atoms. The highest BCUT2D eigenvalue weighted by molar-refractivity contribution is 9.10. The lowest BCUT2D eigenvalue weighted by Crippen LogP contribution is -2.12. The van der Waals surface area contributed by atoms with Gasteiger partial charge in [0.1, 0.15) is 17.1 Å². The van der Waals surface area contributed by atoms with Crippen LogP contribution in [0.15, 0.2) is 45.3 Å². The van der Waals surface area contributed by atoms with Crippen LogP contribution in [0.4, 0.5) is 0 Å². The van der Waals surface area contributed by atoms with Gasteiger partial charge in [-0.05, 0) is 58.7 Å². The molecule has 0 atom stereocenters. The van der Waals surface area contributed by atoms with Gasteiger partial charge >= 0.3 is 11.9 Å². The van der Waals surface area contributed by atoms with Crippen molar-refractivity contribution in [2.45, 2.75) is 13.3 Å². The van der Waals surface area contributed by atoms with Crippen molar-refractivity contribution in [1.82, 2.24) is 0 Å². The molecule has 2 aromatic carbocycles. The SMILES string of the molecule is CCCOc1ccc(Br)cc1C(=O)Oc1ccc(C(=O)O)cc1Br. The van der Waals surface area contributed by atoms with E-state index in [4.69, 9.17) is 14.6 Å². The minimum absolute atomic E-state index is 0.0936. The second-order valence-corrected chi connectivity index (χ2v) is 6.60. The van der Waals surface area contributed by atoms with Gasteiger partial charge in [0.05, 0.1) is 16.6 Å². The first-order chi connectivity index (χ1) is 11.4. The van der Waals surface area contributed by atoms with Gasteiger partial charge < -0.3 is 14.6 Å². The average molecular weight is 458 g/mol. The van der Waals surface area contributed by atoms with Crippen LogP contribution < -0.4 is 9.47 Å². The number of hydrogen-bond donors (Lipinski definition) is 1. The number of hydrogen-bond acceptors (Lipinski definition) is 4. The van der Waals surface area contributed by atoms with Crippen LogP contribution in [0.3, 0.4) is 0 Å². The number of benzene rings is 2. The largest absolute Gasteiger partial charge is 0.493 e. The molecule has 2 aromatic rings. The third-order valence-corrected chi connectivity index (χ3v) is 4.12. The van der Waals surface area contributed by atoms with Crippen LogP contribution in [-0.4, -0.2) is 23.7 Å². The Balaban J connectivity index is 2.26. The van der Waals surface area contributed by atoms with Gasteiger partial charge in [0, 0.05) is 4.47 Å². The molecule has 0 heterocycles. The first kappa shape index (κ1) is 18.5. The van der Waals surface area contributed by atoms with E-state index in [2.05, 4.69) is 31.9 Å². The van der Waals surface area contributed by atoms with Gasteiger partial charge in [0.25, 0.3) is 0 Å². The van der Waals surface area contributed by atoms with Crippen molar-refractivity contribution < 1.29 is 24.2 Å². The summed E-state index contributed by atoms with van der Waals surface area (Å²) in [6.07, 6.45) is 0.812. The molecule has 0 spiro atoms. The van der Waals surface area contributed by atoms with Crippen molar-refractivity contribution in [1.29, 1.82) is 0 Å². The number of carboxylic acid groups (broad SMARTS) is 1. The van der Waals surface area contributed by atoms with E-state index in [1.807, 2.05) is 6.92 Å². The zero-order chi connectivity index (χ0) is 17.7. The Kier molecular flexibility index (Phi) is 6.39. The Morgan fingerprint density at radius 2 is 1.79 bits per heavy atom. The molecule has 0 unspecified atom stereocenters. The average Bonchev–Trinajstić information content (AvgIpc) is 2.55. The zero-order valence-electron chi connectivity index (χ0n) is 12.7. The van der Waals surface area contributed by atoms with E-state index in [1.165, 1.54) is 18.2 Å². The lowest BCUT2D eigenvalue weighted by atomic mass is 10.2. The lowest BCUT2D eigenvalue weighted by molar-refractivity contribution is 0.0696. The third kappa shape index (κ3) is 4.58. The number of carboxylic acids is 1. The fraction of sp³-hybridized carbons (Fsp3) is 0.176. The normalized spacial score (nSPS) is 10.3. The molecular weight excluding hydrogens is 444 g/mol. The van der Waals surface area contributed by atoms with E-state index < -0.39 is 11.9 Å². The Hall–Kier alpha value is -1.86. The van der Waals surface area contributed by atoms with Gasteiger partial charge in [0.2, 0.25) is 0 Å². The smallest absolute Gasteiger partial charge is 0.347 e. The van der Waals surface area contributed by atoms with Gasteiger partial charge in [-0.2, -0.15) is 0 Å². The van der Waals surface area contributed by atoms with Crippen molar-refractivity contribution in [3.63, 3.8) is 0 Å². The zero-order valence-corrected chi connectivity index (χ0v) is 15.9. The maximum Gasteiger partial charge on any atom is 0.347 e. The van der Waals surface area contributed by atoms with Crippen molar-refractivity contribution in [2.75, 3.05) is 6.61 Å².